The first-order chi connectivity index (χ1) is 18.8. The summed E-state index contributed by atoms with van der Waals surface area (Å²) in [5.41, 5.74) is 1.90. The molecule has 40 heavy (non-hydrogen) atoms. The molecule has 4 saturated carbocycles. The van der Waals surface area contributed by atoms with Crippen molar-refractivity contribution >= 4 is 11.8 Å². The fraction of sp³-hybridized carbons (Fsp3) is 0.892. The van der Waals surface area contributed by atoms with Crippen molar-refractivity contribution in [1.29, 1.82) is 0 Å². The first-order valence-corrected chi connectivity index (χ1v) is 17.3. The van der Waals surface area contributed by atoms with Gasteiger partial charge in [-0.25, -0.2) is 0 Å². The molecule has 0 bridgehead atoms. The maximum absolute atomic E-state index is 14.0. The van der Waals surface area contributed by atoms with Crippen LogP contribution >= 0.6 is 0 Å². The molecule has 0 amide bonds. The van der Waals surface area contributed by atoms with Crippen LogP contribution in [0.5, 0.6) is 0 Å². The van der Waals surface area contributed by atoms with Crippen molar-refractivity contribution < 1.29 is 14.7 Å². The van der Waals surface area contributed by atoms with Crippen LogP contribution in [0.2, 0.25) is 0 Å². The minimum absolute atomic E-state index is 0.0283. The molecule has 0 aromatic rings. The second-order valence-electron chi connectivity index (χ2n) is 14.0. The third-order valence-electron chi connectivity index (χ3n) is 12.3. The largest absolute Gasteiger partial charge is 0.481 e. The average Bonchev–Trinajstić information content (AvgIpc) is 2.94. The van der Waals surface area contributed by atoms with Gasteiger partial charge in [-0.3, -0.25) is 9.59 Å². The minimum atomic E-state index is -0.646. The van der Waals surface area contributed by atoms with Crippen molar-refractivity contribution in [3.63, 3.8) is 0 Å². The zero-order chi connectivity index (χ0) is 31.3. The number of aliphatic carboxylic acids is 1. The Morgan fingerprint density at radius 1 is 0.750 bits per heavy atom. The molecule has 5 aliphatic carbocycles. The standard InChI is InChI=1S/C29H44O3.4C2H6/c1-17-7-13-29(6)23(26(17,2)3)10-14-28(5)20-9-12-27(4)11-8-18(25(31)32)15-21(27)19(20)16-22(30)24(28)29;4*1-2/h16-18,20-21,23-24H,7-15H2,1-6H3,(H,31,32);4*1-2H3/t17-,18-,20?,21?,23?,24?,27+,28-,29-;;;;/m0..../s1. The number of rotatable bonds is 1. The molecule has 0 aromatic heterocycles. The molecule has 9 atom stereocenters. The Labute approximate surface area is 249 Å². The molecule has 0 aliphatic heterocycles. The lowest BCUT2D eigenvalue weighted by Crippen LogP contribution is -2.63. The number of hydrogen-bond acceptors (Lipinski definition) is 2. The third-order valence-corrected chi connectivity index (χ3v) is 12.3. The summed E-state index contributed by atoms with van der Waals surface area (Å²) in [7, 11) is 0. The Kier molecular flexibility index (Phi) is 13.3. The van der Waals surface area contributed by atoms with E-state index in [9.17, 15) is 14.7 Å². The van der Waals surface area contributed by atoms with Gasteiger partial charge in [0.05, 0.1) is 5.92 Å². The van der Waals surface area contributed by atoms with Crippen LogP contribution in [0.25, 0.3) is 0 Å². The van der Waals surface area contributed by atoms with Crippen molar-refractivity contribution in [3.8, 4) is 0 Å². The molecule has 0 aromatic carbocycles. The van der Waals surface area contributed by atoms with E-state index < -0.39 is 5.97 Å². The lowest BCUT2D eigenvalue weighted by Gasteiger charge is -2.67. The molecule has 234 valence electrons. The average molecular weight is 561 g/mol. The van der Waals surface area contributed by atoms with Crippen molar-refractivity contribution in [1.82, 2.24) is 0 Å². The number of carboxylic acids is 1. The topological polar surface area (TPSA) is 54.4 Å². The first-order valence-electron chi connectivity index (χ1n) is 17.3. The Balaban J connectivity index is 0.000000921. The molecule has 0 heterocycles. The Bertz CT molecular complexity index is 871. The molecule has 1 N–H and O–H groups in total. The summed E-state index contributed by atoms with van der Waals surface area (Å²) in [5.74, 6) is 1.64. The van der Waals surface area contributed by atoms with Gasteiger partial charge in [0, 0.05) is 5.92 Å². The zero-order valence-electron chi connectivity index (χ0n) is 29.2. The van der Waals surface area contributed by atoms with Crippen molar-refractivity contribution in [2.75, 3.05) is 0 Å². The van der Waals surface area contributed by atoms with Gasteiger partial charge in [-0.05, 0) is 109 Å². The van der Waals surface area contributed by atoms with Gasteiger partial charge >= 0.3 is 5.97 Å². The number of carboxylic acid groups (broad SMARTS) is 1. The summed E-state index contributed by atoms with van der Waals surface area (Å²) in [6.45, 7) is 30.6. The van der Waals surface area contributed by atoms with Crippen LogP contribution in [-0.4, -0.2) is 16.9 Å². The molecule has 3 nitrogen and oxygen atoms in total. The predicted molar refractivity (Wildman–Crippen MR) is 172 cm³/mol. The number of carbonyl (C=O) groups excluding carboxylic acids is 1. The van der Waals surface area contributed by atoms with Crippen molar-refractivity contribution in [3.05, 3.63) is 11.6 Å². The number of carbonyl (C=O) groups is 2. The van der Waals surface area contributed by atoms with Gasteiger partial charge in [0.1, 0.15) is 0 Å². The summed E-state index contributed by atoms with van der Waals surface area (Å²) < 4.78 is 0. The Hall–Kier alpha value is -1.12. The number of allylic oxidation sites excluding steroid dienone is 2. The Morgan fingerprint density at radius 2 is 1.27 bits per heavy atom. The van der Waals surface area contributed by atoms with Gasteiger partial charge in [0.25, 0.3) is 0 Å². The second-order valence-corrected chi connectivity index (χ2v) is 14.0. The van der Waals surface area contributed by atoms with Crippen LogP contribution in [0.15, 0.2) is 11.6 Å². The van der Waals surface area contributed by atoms with Crippen LogP contribution in [0, 0.1) is 57.2 Å². The molecular weight excluding hydrogens is 492 g/mol. The maximum atomic E-state index is 14.0. The monoisotopic (exact) mass is 561 g/mol. The molecule has 3 heteroatoms. The first kappa shape index (κ1) is 36.9. The lowest BCUT2D eigenvalue weighted by atomic mass is 9.36. The Morgan fingerprint density at radius 3 is 1.82 bits per heavy atom. The van der Waals surface area contributed by atoms with E-state index in [2.05, 4.69) is 47.6 Å². The molecule has 0 saturated heterocycles. The van der Waals surface area contributed by atoms with Gasteiger partial charge in [-0.2, -0.15) is 0 Å². The number of fused-ring (bicyclic) bond motifs is 7. The van der Waals surface area contributed by atoms with E-state index in [1.54, 1.807) is 0 Å². The summed E-state index contributed by atoms with van der Waals surface area (Å²) >= 11 is 0. The molecule has 0 radical (unpaired) electrons. The van der Waals surface area contributed by atoms with Crippen LogP contribution in [-0.2, 0) is 9.59 Å². The van der Waals surface area contributed by atoms with E-state index in [1.807, 2.05) is 55.4 Å². The summed E-state index contributed by atoms with van der Waals surface area (Å²) in [6, 6.07) is 0. The molecule has 0 spiro atoms. The van der Waals surface area contributed by atoms with Gasteiger partial charge in [0.15, 0.2) is 5.78 Å². The predicted octanol–water partition coefficient (Wildman–Crippen LogP) is 11.0. The minimum Gasteiger partial charge on any atom is -0.481 e. The van der Waals surface area contributed by atoms with E-state index in [0.717, 1.165) is 25.7 Å². The fourth-order valence-electron chi connectivity index (χ4n) is 10.2. The number of hydrogen-bond donors (Lipinski definition) is 1. The normalized spacial score (nSPS) is 42.2. The molecule has 4 unspecified atom stereocenters. The number of ketones is 1. The highest BCUT2D eigenvalue weighted by Crippen LogP contribution is 2.71. The highest BCUT2D eigenvalue weighted by Gasteiger charge is 2.66. The molecular formula is C37H68O3. The van der Waals surface area contributed by atoms with Crippen LogP contribution in [0.1, 0.15) is 155 Å². The zero-order valence-corrected chi connectivity index (χ0v) is 29.2. The summed E-state index contributed by atoms with van der Waals surface area (Å²) in [6.07, 6.45) is 11.7. The summed E-state index contributed by atoms with van der Waals surface area (Å²) in [5, 5.41) is 9.75. The van der Waals surface area contributed by atoms with Gasteiger partial charge in [-0.1, -0.05) is 103 Å². The lowest BCUT2D eigenvalue weighted by molar-refractivity contribution is -0.176. The van der Waals surface area contributed by atoms with Crippen LogP contribution in [0.4, 0.5) is 0 Å². The van der Waals surface area contributed by atoms with E-state index in [-0.39, 0.29) is 39.4 Å². The fourth-order valence-corrected chi connectivity index (χ4v) is 10.2. The van der Waals surface area contributed by atoms with Crippen molar-refractivity contribution in [2.45, 2.75) is 155 Å². The van der Waals surface area contributed by atoms with Gasteiger partial charge in [-0.15, -0.1) is 0 Å². The third kappa shape index (κ3) is 6.01. The van der Waals surface area contributed by atoms with E-state index in [0.29, 0.717) is 23.5 Å². The van der Waals surface area contributed by atoms with Crippen molar-refractivity contribution in [2.24, 2.45) is 57.2 Å². The van der Waals surface area contributed by atoms with Gasteiger partial charge in [0.2, 0.25) is 0 Å². The van der Waals surface area contributed by atoms with Gasteiger partial charge < -0.3 is 5.11 Å². The SMILES string of the molecule is CC.CC.CC.CC.C[C@H]1CC[C@@]2(C)C(CC[C@@]3(C)C4CC[C@@]5(C)CC[C@H](C(=O)O)CC5C4=CC(=O)C32)C1(C)C. The summed E-state index contributed by atoms with van der Waals surface area (Å²) in [4.78, 5) is 25.9. The molecule has 5 aliphatic rings. The smallest absolute Gasteiger partial charge is 0.306 e. The van der Waals surface area contributed by atoms with E-state index in [4.69, 9.17) is 0 Å². The van der Waals surface area contributed by atoms with Crippen LogP contribution in [0.3, 0.4) is 0 Å². The highest BCUT2D eigenvalue weighted by molar-refractivity contribution is 5.95. The van der Waals surface area contributed by atoms with E-state index in [1.165, 1.54) is 37.7 Å². The maximum Gasteiger partial charge on any atom is 0.306 e. The molecule has 5 rings (SSSR count). The van der Waals surface area contributed by atoms with E-state index >= 15 is 0 Å². The highest BCUT2D eigenvalue weighted by atomic mass is 16.4. The second kappa shape index (κ2) is 14.4. The van der Waals surface area contributed by atoms with Crippen LogP contribution < -0.4 is 0 Å². The molecule has 4 fully saturated rings. The quantitative estimate of drug-likeness (QED) is 0.347.